The molecule has 17 heavy (non-hydrogen) atoms. The van der Waals surface area contributed by atoms with Gasteiger partial charge in [-0.3, -0.25) is 9.80 Å². The Morgan fingerprint density at radius 1 is 1.18 bits per heavy atom. The van der Waals surface area contributed by atoms with Crippen LogP contribution in [0.5, 0.6) is 0 Å². The van der Waals surface area contributed by atoms with Gasteiger partial charge in [0.2, 0.25) is 0 Å². The number of hydrogen-bond donors (Lipinski definition) is 1. The lowest BCUT2D eigenvalue weighted by molar-refractivity contribution is -0.0446. The van der Waals surface area contributed by atoms with Crippen LogP contribution in [0.15, 0.2) is 0 Å². The second-order valence-corrected chi connectivity index (χ2v) is 5.20. The maximum absolute atomic E-state index is 5.88. The third-order valence-corrected chi connectivity index (χ3v) is 3.96. The molecule has 4 heteroatoms. The molecule has 0 aromatic carbocycles. The molecule has 2 aliphatic heterocycles. The molecule has 2 fully saturated rings. The van der Waals surface area contributed by atoms with Crippen LogP contribution in [0.3, 0.4) is 0 Å². The fraction of sp³-hybridized carbons (Fsp3) is 1.00. The largest absolute Gasteiger partial charge is 0.374 e. The van der Waals surface area contributed by atoms with Gasteiger partial charge in [0.05, 0.1) is 12.7 Å². The highest BCUT2D eigenvalue weighted by Gasteiger charge is 2.24. The van der Waals surface area contributed by atoms with E-state index in [4.69, 9.17) is 4.74 Å². The molecule has 2 heterocycles. The lowest BCUT2D eigenvalue weighted by Gasteiger charge is -2.38. The van der Waals surface area contributed by atoms with Crippen molar-refractivity contribution in [1.29, 1.82) is 0 Å². The second-order valence-electron chi connectivity index (χ2n) is 5.20. The van der Waals surface area contributed by atoms with Crippen molar-refractivity contribution in [3.63, 3.8) is 0 Å². The first kappa shape index (κ1) is 13.3. The first-order valence-electron chi connectivity index (χ1n) is 7.11. The molecule has 0 aromatic heterocycles. The SMILES string of the molecule is CCC1CN(CC2CN(CC)CCO2)CCN1. The van der Waals surface area contributed by atoms with Gasteiger partial charge in [-0.15, -0.1) is 0 Å². The second kappa shape index (κ2) is 6.69. The standard InChI is InChI=1S/C13H27N3O/c1-3-12-9-16(6-5-14-12)11-13-10-15(4-2)7-8-17-13/h12-14H,3-11H2,1-2H3. The van der Waals surface area contributed by atoms with E-state index in [9.17, 15) is 0 Å². The molecule has 100 valence electrons. The molecular formula is C13H27N3O. The fourth-order valence-corrected chi connectivity index (χ4v) is 2.80. The van der Waals surface area contributed by atoms with Crippen molar-refractivity contribution in [3.8, 4) is 0 Å². The van der Waals surface area contributed by atoms with E-state index in [1.807, 2.05) is 0 Å². The van der Waals surface area contributed by atoms with E-state index >= 15 is 0 Å². The van der Waals surface area contributed by atoms with Crippen molar-refractivity contribution in [2.75, 3.05) is 52.4 Å². The van der Waals surface area contributed by atoms with Gasteiger partial charge in [0.1, 0.15) is 0 Å². The summed E-state index contributed by atoms with van der Waals surface area (Å²) in [6, 6.07) is 0.676. The van der Waals surface area contributed by atoms with Crippen LogP contribution in [-0.4, -0.2) is 74.4 Å². The maximum atomic E-state index is 5.88. The van der Waals surface area contributed by atoms with Gasteiger partial charge in [-0.2, -0.15) is 0 Å². The third-order valence-electron chi connectivity index (χ3n) is 3.96. The topological polar surface area (TPSA) is 27.7 Å². The minimum Gasteiger partial charge on any atom is -0.374 e. The van der Waals surface area contributed by atoms with Crippen LogP contribution in [0.4, 0.5) is 0 Å². The zero-order chi connectivity index (χ0) is 12.1. The lowest BCUT2D eigenvalue weighted by atomic mass is 10.1. The highest BCUT2D eigenvalue weighted by atomic mass is 16.5. The summed E-state index contributed by atoms with van der Waals surface area (Å²) in [4.78, 5) is 5.06. The molecule has 4 nitrogen and oxygen atoms in total. The molecule has 2 rings (SSSR count). The number of rotatable bonds is 4. The van der Waals surface area contributed by atoms with E-state index in [0.29, 0.717) is 12.1 Å². The van der Waals surface area contributed by atoms with Crippen molar-refractivity contribution >= 4 is 0 Å². The summed E-state index contributed by atoms with van der Waals surface area (Å²) in [5.74, 6) is 0. The molecule has 0 aliphatic carbocycles. The van der Waals surface area contributed by atoms with Crippen molar-refractivity contribution in [2.45, 2.75) is 32.4 Å². The Morgan fingerprint density at radius 3 is 2.82 bits per heavy atom. The minimum absolute atomic E-state index is 0.416. The van der Waals surface area contributed by atoms with E-state index in [0.717, 1.165) is 39.3 Å². The molecule has 2 unspecified atom stereocenters. The number of ether oxygens (including phenoxy) is 1. The summed E-state index contributed by atoms with van der Waals surface area (Å²) in [6.07, 6.45) is 1.64. The molecule has 0 saturated carbocycles. The maximum Gasteiger partial charge on any atom is 0.0829 e. The Bertz CT molecular complexity index is 203. The summed E-state index contributed by atoms with van der Waals surface area (Å²) in [7, 11) is 0. The first-order valence-corrected chi connectivity index (χ1v) is 7.11. The van der Waals surface area contributed by atoms with Crippen LogP contribution in [0.25, 0.3) is 0 Å². The Kier molecular flexibility index (Phi) is 5.22. The summed E-state index contributed by atoms with van der Waals surface area (Å²) >= 11 is 0. The first-order chi connectivity index (χ1) is 8.31. The smallest absolute Gasteiger partial charge is 0.0829 e. The van der Waals surface area contributed by atoms with E-state index < -0.39 is 0 Å². The van der Waals surface area contributed by atoms with Gasteiger partial charge in [0, 0.05) is 45.3 Å². The monoisotopic (exact) mass is 241 g/mol. The quantitative estimate of drug-likeness (QED) is 0.771. The minimum atomic E-state index is 0.416. The molecule has 2 atom stereocenters. The van der Waals surface area contributed by atoms with Gasteiger partial charge in [-0.25, -0.2) is 0 Å². The summed E-state index contributed by atoms with van der Waals surface area (Å²) < 4.78 is 5.88. The zero-order valence-electron chi connectivity index (χ0n) is 11.3. The molecule has 2 saturated heterocycles. The van der Waals surface area contributed by atoms with Gasteiger partial charge in [0.25, 0.3) is 0 Å². The molecule has 0 amide bonds. The molecular weight excluding hydrogens is 214 g/mol. The Morgan fingerprint density at radius 2 is 2.06 bits per heavy atom. The third kappa shape index (κ3) is 3.91. The Labute approximate surface area is 105 Å². The van der Waals surface area contributed by atoms with E-state index in [2.05, 4.69) is 29.0 Å². The molecule has 0 aromatic rings. The Hall–Kier alpha value is -0.160. The van der Waals surface area contributed by atoms with Gasteiger partial charge >= 0.3 is 0 Å². The van der Waals surface area contributed by atoms with Gasteiger partial charge in [-0.05, 0) is 13.0 Å². The van der Waals surface area contributed by atoms with Crippen LogP contribution < -0.4 is 5.32 Å². The van der Waals surface area contributed by atoms with Crippen molar-refractivity contribution in [3.05, 3.63) is 0 Å². The fourth-order valence-electron chi connectivity index (χ4n) is 2.80. The number of likely N-dealkylation sites (N-methyl/N-ethyl adjacent to an activating group) is 1. The predicted octanol–water partition coefficient (Wildman–Crippen LogP) is 0.391. The highest BCUT2D eigenvalue weighted by molar-refractivity contribution is 4.81. The number of piperazine rings is 1. The number of hydrogen-bond acceptors (Lipinski definition) is 4. The lowest BCUT2D eigenvalue weighted by Crippen LogP contribution is -2.54. The zero-order valence-corrected chi connectivity index (χ0v) is 11.3. The van der Waals surface area contributed by atoms with Crippen molar-refractivity contribution in [1.82, 2.24) is 15.1 Å². The van der Waals surface area contributed by atoms with E-state index in [-0.39, 0.29) is 0 Å². The number of nitrogens with one attached hydrogen (secondary N) is 1. The normalized spacial score (nSPS) is 32.8. The highest BCUT2D eigenvalue weighted by Crippen LogP contribution is 2.09. The predicted molar refractivity (Wildman–Crippen MR) is 70.4 cm³/mol. The van der Waals surface area contributed by atoms with Crippen LogP contribution in [-0.2, 0) is 4.74 Å². The molecule has 0 radical (unpaired) electrons. The average molecular weight is 241 g/mol. The van der Waals surface area contributed by atoms with Crippen LogP contribution >= 0.6 is 0 Å². The van der Waals surface area contributed by atoms with E-state index in [1.165, 1.54) is 19.5 Å². The number of nitrogens with zero attached hydrogens (tertiary/aromatic N) is 2. The van der Waals surface area contributed by atoms with Crippen LogP contribution in [0.1, 0.15) is 20.3 Å². The molecule has 1 N–H and O–H groups in total. The summed E-state index contributed by atoms with van der Waals surface area (Å²) in [5.41, 5.74) is 0. The molecule has 0 spiro atoms. The number of morpholine rings is 1. The average Bonchev–Trinajstić information content (AvgIpc) is 2.39. The van der Waals surface area contributed by atoms with Crippen LogP contribution in [0, 0.1) is 0 Å². The van der Waals surface area contributed by atoms with Crippen molar-refractivity contribution < 1.29 is 4.74 Å². The molecule has 0 bridgehead atoms. The van der Waals surface area contributed by atoms with E-state index in [1.54, 1.807) is 0 Å². The van der Waals surface area contributed by atoms with Crippen LogP contribution in [0.2, 0.25) is 0 Å². The van der Waals surface area contributed by atoms with Gasteiger partial charge < -0.3 is 10.1 Å². The summed E-state index contributed by atoms with van der Waals surface area (Å²) in [5, 5.41) is 3.56. The summed E-state index contributed by atoms with van der Waals surface area (Å²) in [6.45, 7) is 13.4. The van der Waals surface area contributed by atoms with Gasteiger partial charge in [0.15, 0.2) is 0 Å². The van der Waals surface area contributed by atoms with Gasteiger partial charge in [-0.1, -0.05) is 13.8 Å². The molecule has 2 aliphatic rings. The Balaban J connectivity index is 1.75. The van der Waals surface area contributed by atoms with Crippen molar-refractivity contribution in [2.24, 2.45) is 0 Å².